The lowest BCUT2D eigenvalue weighted by atomic mass is 10.1. The highest BCUT2D eigenvalue weighted by atomic mass is 15.3. The molecule has 1 unspecified atom stereocenters. The predicted molar refractivity (Wildman–Crippen MR) is 82.3 cm³/mol. The molecular formula is C16H22N4. The number of nitrogens with one attached hydrogen (secondary N) is 1. The number of benzene rings is 1. The average Bonchev–Trinajstić information content (AvgIpc) is 2.91. The molecule has 20 heavy (non-hydrogen) atoms. The van der Waals surface area contributed by atoms with Crippen LogP contribution in [-0.4, -0.2) is 40.9 Å². The van der Waals surface area contributed by atoms with E-state index >= 15 is 0 Å². The Bertz CT molecular complexity index is 535. The molecule has 1 N–H and O–H groups in total. The van der Waals surface area contributed by atoms with Crippen LogP contribution in [0.25, 0.3) is 5.69 Å². The van der Waals surface area contributed by atoms with E-state index in [1.165, 1.54) is 38.0 Å². The number of nitrogens with zero attached hydrogens (tertiary/aromatic N) is 3. The quantitative estimate of drug-likeness (QED) is 0.931. The van der Waals surface area contributed by atoms with Crippen LogP contribution in [0.2, 0.25) is 0 Å². The molecule has 2 aromatic rings. The number of anilines is 1. The zero-order valence-corrected chi connectivity index (χ0v) is 12.0. The Hall–Kier alpha value is -1.81. The van der Waals surface area contributed by atoms with Gasteiger partial charge in [0.15, 0.2) is 0 Å². The zero-order valence-electron chi connectivity index (χ0n) is 12.0. The average molecular weight is 270 g/mol. The summed E-state index contributed by atoms with van der Waals surface area (Å²) in [6, 6.07) is 10.9. The minimum absolute atomic E-state index is 0.552. The molecule has 0 saturated carbocycles. The molecule has 0 bridgehead atoms. The van der Waals surface area contributed by atoms with E-state index in [9.17, 15) is 0 Å². The van der Waals surface area contributed by atoms with Gasteiger partial charge in [0, 0.05) is 18.4 Å². The molecule has 1 aliphatic rings. The summed E-state index contributed by atoms with van der Waals surface area (Å²) >= 11 is 0. The van der Waals surface area contributed by atoms with Crippen LogP contribution >= 0.6 is 0 Å². The molecule has 1 saturated heterocycles. The smallest absolute Gasteiger partial charge is 0.0876 e. The van der Waals surface area contributed by atoms with Crippen LogP contribution in [-0.2, 0) is 0 Å². The number of likely N-dealkylation sites (tertiary alicyclic amines) is 1. The van der Waals surface area contributed by atoms with Crippen molar-refractivity contribution < 1.29 is 0 Å². The molecule has 106 valence electrons. The van der Waals surface area contributed by atoms with Crippen LogP contribution in [0.4, 0.5) is 5.69 Å². The van der Waals surface area contributed by atoms with E-state index in [1.807, 2.05) is 23.1 Å². The molecule has 1 atom stereocenters. The summed E-state index contributed by atoms with van der Waals surface area (Å²) in [6.45, 7) is 2.38. The van der Waals surface area contributed by atoms with Crippen molar-refractivity contribution in [2.45, 2.75) is 25.3 Å². The first-order valence-electron chi connectivity index (χ1n) is 7.37. The maximum atomic E-state index is 4.34. The van der Waals surface area contributed by atoms with Crippen molar-refractivity contribution in [2.75, 3.05) is 25.5 Å². The van der Waals surface area contributed by atoms with Gasteiger partial charge in [-0.2, -0.15) is 5.10 Å². The Morgan fingerprint density at radius 1 is 1.15 bits per heavy atom. The fraction of sp³-hybridized carbons (Fsp3) is 0.438. The Morgan fingerprint density at radius 2 is 2.05 bits per heavy atom. The third-order valence-electron chi connectivity index (χ3n) is 3.97. The van der Waals surface area contributed by atoms with Gasteiger partial charge >= 0.3 is 0 Å². The molecule has 4 heteroatoms. The lowest BCUT2D eigenvalue weighted by Gasteiger charge is -2.20. The molecule has 0 radical (unpaired) electrons. The van der Waals surface area contributed by atoms with Gasteiger partial charge in [-0.25, -0.2) is 4.68 Å². The van der Waals surface area contributed by atoms with Crippen LogP contribution in [0.15, 0.2) is 42.7 Å². The van der Waals surface area contributed by atoms with Crippen molar-refractivity contribution in [3.63, 3.8) is 0 Å². The van der Waals surface area contributed by atoms with Crippen LogP contribution in [0, 0.1) is 0 Å². The lowest BCUT2D eigenvalue weighted by Crippen LogP contribution is -2.23. The van der Waals surface area contributed by atoms with E-state index in [0.29, 0.717) is 6.04 Å². The highest BCUT2D eigenvalue weighted by Gasteiger charge is 2.16. The van der Waals surface area contributed by atoms with E-state index in [2.05, 4.69) is 46.6 Å². The Labute approximate surface area is 120 Å². The lowest BCUT2D eigenvalue weighted by molar-refractivity contribution is 0.348. The second-order valence-corrected chi connectivity index (χ2v) is 5.54. The maximum absolute atomic E-state index is 4.34. The number of rotatable bonds is 3. The standard InChI is InChI=1S/C16H22N4/c1-19-11-4-6-14(9-13-19)18-15-7-2-3-8-16(15)20-12-5-10-17-20/h2-3,5,7-8,10,12,14,18H,4,6,9,11,13H2,1H3. The van der Waals surface area contributed by atoms with Gasteiger partial charge in [-0.15, -0.1) is 0 Å². The number of hydrogen-bond donors (Lipinski definition) is 1. The third kappa shape index (κ3) is 3.02. The molecular weight excluding hydrogens is 248 g/mol. The van der Waals surface area contributed by atoms with Crippen molar-refractivity contribution in [3.8, 4) is 5.69 Å². The number of hydrogen-bond acceptors (Lipinski definition) is 3. The number of para-hydroxylation sites is 2. The highest BCUT2D eigenvalue weighted by Crippen LogP contribution is 2.22. The first-order valence-corrected chi connectivity index (χ1v) is 7.37. The third-order valence-corrected chi connectivity index (χ3v) is 3.97. The topological polar surface area (TPSA) is 33.1 Å². The van der Waals surface area contributed by atoms with Crippen molar-refractivity contribution in [1.82, 2.24) is 14.7 Å². The second kappa shape index (κ2) is 6.09. The fourth-order valence-electron chi connectivity index (χ4n) is 2.81. The molecule has 0 spiro atoms. The van der Waals surface area contributed by atoms with E-state index in [1.54, 1.807) is 0 Å². The van der Waals surface area contributed by atoms with Crippen LogP contribution in [0.5, 0.6) is 0 Å². The van der Waals surface area contributed by atoms with Gasteiger partial charge in [0.1, 0.15) is 0 Å². The van der Waals surface area contributed by atoms with Gasteiger partial charge in [0.05, 0.1) is 11.4 Å². The summed E-state index contributed by atoms with van der Waals surface area (Å²) < 4.78 is 1.92. The van der Waals surface area contributed by atoms with Crippen molar-refractivity contribution >= 4 is 5.69 Å². The molecule has 1 aromatic carbocycles. The largest absolute Gasteiger partial charge is 0.381 e. The Morgan fingerprint density at radius 3 is 2.90 bits per heavy atom. The summed E-state index contributed by atoms with van der Waals surface area (Å²) in [6.07, 6.45) is 7.50. The predicted octanol–water partition coefficient (Wildman–Crippen LogP) is 2.77. The number of aromatic nitrogens is 2. The van der Waals surface area contributed by atoms with E-state index < -0.39 is 0 Å². The van der Waals surface area contributed by atoms with E-state index in [4.69, 9.17) is 0 Å². The minimum atomic E-state index is 0.552. The summed E-state index contributed by atoms with van der Waals surface area (Å²) in [5, 5.41) is 8.05. The van der Waals surface area contributed by atoms with Gasteiger partial charge < -0.3 is 10.2 Å². The highest BCUT2D eigenvalue weighted by molar-refractivity contribution is 5.61. The van der Waals surface area contributed by atoms with Crippen molar-refractivity contribution in [3.05, 3.63) is 42.7 Å². The van der Waals surface area contributed by atoms with Crippen LogP contribution < -0.4 is 5.32 Å². The first kappa shape index (κ1) is 13.2. The summed E-state index contributed by atoms with van der Waals surface area (Å²) in [5.74, 6) is 0. The fourth-order valence-corrected chi connectivity index (χ4v) is 2.81. The SMILES string of the molecule is CN1CCCC(Nc2ccccc2-n2cccn2)CC1. The summed E-state index contributed by atoms with van der Waals surface area (Å²) in [5.41, 5.74) is 2.29. The summed E-state index contributed by atoms with van der Waals surface area (Å²) in [7, 11) is 2.21. The Kier molecular flexibility index (Phi) is 4.02. The van der Waals surface area contributed by atoms with Gasteiger partial charge in [-0.3, -0.25) is 0 Å². The Balaban J connectivity index is 1.77. The molecule has 1 fully saturated rings. The zero-order chi connectivity index (χ0) is 13.8. The normalized spacial score (nSPS) is 20.6. The van der Waals surface area contributed by atoms with Gasteiger partial charge in [0.25, 0.3) is 0 Å². The monoisotopic (exact) mass is 270 g/mol. The maximum Gasteiger partial charge on any atom is 0.0876 e. The van der Waals surface area contributed by atoms with Crippen LogP contribution in [0.3, 0.4) is 0 Å². The first-order chi connectivity index (χ1) is 9.83. The molecule has 0 aliphatic carbocycles. The van der Waals surface area contributed by atoms with Crippen molar-refractivity contribution in [1.29, 1.82) is 0 Å². The van der Waals surface area contributed by atoms with Gasteiger partial charge in [-0.1, -0.05) is 12.1 Å². The molecule has 2 heterocycles. The van der Waals surface area contributed by atoms with Crippen LogP contribution in [0.1, 0.15) is 19.3 Å². The van der Waals surface area contributed by atoms with Crippen molar-refractivity contribution in [2.24, 2.45) is 0 Å². The minimum Gasteiger partial charge on any atom is -0.381 e. The molecule has 3 rings (SSSR count). The van der Waals surface area contributed by atoms with E-state index in [-0.39, 0.29) is 0 Å². The molecule has 1 aromatic heterocycles. The molecule has 1 aliphatic heterocycles. The van der Waals surface area contributed by atoms with E-state index in [0.717, 1.165) is 5.69 Å². The summed E-state index contributed by atoms with van der Waals surface area (Å²) in [4.78, 5) is 2.42. The molecule has 0 amide bonds. The van der Waals surface area contributed by atoms with Gasteiger partial charge in [-0.05, 0) is 57.6 Å². The second-order valence-electron chi connectivity index (χ2n) is 5.54. The van der Waals surface area contributed by atoms with Gasteiger partial charge in [0.2, 0.25) is 0 Å². The molecule has 4 nitrogen and oxygen atoms in total.